The Hall–Kier alpha value is -3.68. The molecule has 1 amide bonds. The van der Waals surface area contributed by atoms with E-state index in [1.807, 2.05) is 61.1 Å². The van der Waals surface area contributed by atoms with Crippen LogP contribution in [0.3, 0.4) is 0 Å². The maximum Gasteiger partial charge on any atom is 0.269 e. The number of aromatic nitrogens is 6. The number of hydrogen-bond donors (Lipinski definition) is 2. The van der Waals surface area contributed by atoms with Crippen molar-refractivity contribution in [3.63, 3.8) is 0 Å². The molecule has 0 aliphatic rings. The number of nitrogens with one attached hydrogen (secondary N) is 2. The summed E-state index contributed by atoms with van der Waals surface area (Å²) in [5.74, 6) is -0.198. The Kier molecular flexibility index (Phi) is 4.29. The Morgan fingerprint density at radius 2 is 2.04 bits per heavy atom. The molecule has 0 saturated heterocycles. The van der Waals surface area contributed by atoms with E-state index in [1.54, 1.807) is 17.1 Å². The molecular formula is C19H19N7O. The molecule has 1 atom stereocenters. The van der Waals surface area contributed by atoms with Gasteiger partial charge in [0.15, 0.2) is 0 Å². The van der Waals surface area contributed by atoms with Crippen LogP contribution in [0.1, 0.15) is 29.0 Å². The van der Waals surface area contributed by atoms with Crippen molar-refractivity contribution in [3.05, 3.63) is 72.6 Å². The van der Waals surface area contributed by atoms with Crippen LogP contribution in [0.2, 0.25) is 0 Å². The number of carbonyl (C=O) groups excluding carboxylic acids is 1. The topological polar surface area (TPSA) is 93.4 Å². The Labute approximate surface area is 155 Å². The number of nitrogens with zero attached hydrogens (tertiary/aromatic N) is 5. The van der Waals surface area contributed by atoms with Gasteiger partial charge in [-0.3, -0.25) is 9.89 Å². The highest BCUT2D eigenvalue weighted by Gasteiger charge is 2.15. The third kappa shape index (κ3) is 3.37. The van der Waals surface area contributed by atoms with E-state index < -0.39 is 0 Å². The fraction of sp³-hybridized carbons (Fsp3) is 0.158. The largest absolute Gasteiger partial charge is 0.349 e. The molecule has 0 unspecified atom stereocenters. The van der Waals surface area contributed by atoms with E-state index in [2.05, 4.69) is 25.6 Å². The van der Waals surface area contributed by atoms with Gasteiger partial charge in [-0.15, -0.1) is 0 Å². The van der Waals surface area contributed by atoms with Gasteiger partial charge in [-0.2, -0.15) is 10.2 Å². The van der Waals surface area contributed by atoms with Crippen molar-refractivity contribution in [2.24, 2.45) is 7.05 Å². The third-order valence-corrected chi connectivity index (χ3v) is 4.45. The van der Waals surface area contributed by atoms with Crippen LogP contribution in [0.4, 0.5) is 0 Å². The predicted molar refractivity (Wildman–Crippen MR) is 100 cm³/mol. The van der Waals surface area contributed by atoms with Gasteiger partial charge in [0, 0.05) is 13.2 Å². The van der Waals surface area contributed by atoms with Gasteiger partial charge in [0.1, 0.15) is 24.0 Å². The Balaban J connectivity index is 1.45. The molecular weight excluding hydrogens is 342 g/mol. The van der Waals surface area contributed by atoms with E-state index in [1.165, 1.54) is 6.33 Å². The predicted octanol–water partition coefficient (Wildman–Crippen LogP) is 2.49. The van der Waals surface area contributed by atoms with Gasteiger partial charge >= 0.3 is 0 Å². The van der Waals surface area contributed by atoms with Crippen LogP contribution in [0.25, 0.3) is 17.1 Å². The zero-order chi connectivity index (χ0) is 18.8. The number of H-pyrrole nitrogens is 1. The molecule has 3 aromatic heterocycles. The van der Waals surface area contributed by atoms with Gasteiger partial charge in [0.25, 0.3) is 5.91 Å². The van der Waals surface area contributed by atoms with Crippen molar-refractivity contribution in [2.75, 3.05) is 0 Å². The minimum Gasteiger partial charge on any atom is -0.349 e. The van der Waals surface area contributed by atoms with Gasteiger partial charge in [-0.25, -0.2) is 9.67 Å². The number of aryl methyl sites for hydroxylation is 1. The van der Waals surface area contributed by atoms with E-state index >= 15 is 0 Å². The van der Waals surface area contributed by atoms with E-state index in [9.17, 15) is 4.79 Å². The van der Waals surface area contributed by atoms with Crippen molar-refractivity contribution in [2.45, 2.75) is 13.0 Å². The van der Waals surface area contributed by atoms with Gasteiger partial charge in [0.05, 0.1) is 17.4 Å². The standard InChI is InChI=1S/C19H19N7O/c1-13(14-5-7-15(8-6-14)26-12-20-11-21-26)22-19(27)17-10-16(23-24-17)18-4-3-9-25(18)2/h3-13H,1-2H3,(H,22,27)(H,23,24)/t13-/m0/s1. The summed E-state index contributed by atoms with van der Waals surface area (Å²) < 4.78 is 3.64. The number of carbonyl (C=O) groups is 1. The van der Waals surface area contributed by atoms with E-state index in [-0.39, 0.29) is 11.9 Å². The zero-order valence-corrected chi connectivity index (χ0v) is 15.0. The van der Waals surface area contributed by atoms with Crippen molar-refractivity contribution in [1.82, 2.24) is 34.8 Å². The summed E-state index contributed by atoms with van der Waals surface area (Å²) in [4.78, 5) is 16.5. The molecule has 4 rings (SSSR count). The van der Waals surface area contributed by atoms with Crippen LogP contribution < -0.4 is 5.32 Å². The van der Waals surface area contributed by atoms with Crippen molar-refractivity contribution in [3.8, 4) is 17.1 Å². The number of aromatic amines is 1. The fourth-order valence-corrected chi connectivity index (χ4v) is 2.91. The van der Waals surface area contributed by atoms with Crippen molar-refractivity contribution < 1.29 is 4.79 Å². The first-order chi connectivity index (χ1) is 13.1. The van der Waals surface area contributed by atoms with Crippen LogP contribution >= 0.6 is 0 Å². The van der Waals surface area contributed by atoms with Gasteiger partial charge < -0.3 is 9.88 Å². The summed E-state index contributed by atoms with van der Waals surface area (Å²) in [6, 6.07) is 13.3. The maximum atomic E-state index is 12.5. The Morgan fingerprint density at radius 3 is 2.70 bits per heavy atom. The maximum absolute atomic E-state index is 12.5. The molecule has 0 aliphatic heterocycles. The number of amides is 1. The smallest absolute Gasteiger partial charge is 0.269 e. The molecule has 0 saturated carbocycles. The van der Waals surface area contributed by atoms with Gasteiger partial charge in [0.2, 0.25) is 0 Å². The molecule has 0 aliphatic carbocycles. The second-order valence-corrected chi connectivity index (χ2v) is 6.30. The molecule has 8 heteroatoms. The van der Waals surface area contributed by atoms with Crippen molar-refractivity contribution >= 4 is 5.91 Å². The average Bonchev–Trinajstić information content (AvgIpc) is 3.43. The lowest BCUT2D eigenvalue weighted by Gasteiger charge is -2.14. The Morgan fingerprint density at radius 1 is 1.22 bits per heavy atom. The highest BCUT2D eigenvalue weighted by molar-refractivity contribution is 5.93. The Bertz CT molecular complexity index is 1040. The summed E-state index contributed by atoms with van der Waals surface area (Å²) in [7, 11) is 1.94. The van der Waals surface area contributed by atoms with E-state index in [0.717, 1.165) is 22.6 Å². The quantitative estimate of drug-likeness (QED) is 0.571. The SMILES string of the molecule is C[C@H](NC(=O)c1cc(-c2cccn2C)n[nH]1)c1ccc(-n2cncn2)cc1. The molecule has 3 heterocycles. The molecule has 2 N–H and O–H groups in total. The first kappa shape index (κ1) is 16.8. The number of hydrogen-bond acceptors (Lipinski definition) is 4. The molecule has 136 valence electrons. The van der Waals surface area contributed by atoms with Gasteiger partial charge in [-0.1, -0.05) is 12.1 Å². The molecule has 1 aromatic carbocycles. The lowest BCUT2D eigenvalue weighted by atomic mass is 10.1. The minimum absolute atomic E-state index is 0.149. The summed E-state index contributed by atoms with van der Waals surface area (Å²) >= 11 is 0. The molecule has 27 heavy (non-hydrogen) atoms. The lowest BCUT2D eigenvalue weighted by molar-refractivity contribution is 0.0935. The van der Waals surface area contributed by atoms with Crippen molar-refractivity contribution in [1.29, 1.82) is 0 Å². The first-order valence-electron chi connectivity index (χ1n) is 8.55. The van der Waals surface area contributed by atoms with Crippen LogP contribution in [0.15, 0.2) is 61.3 Å². The summed E-state index contributed by atoms with van der Waals surface area (Å²) in [6.45, 7) is 1.94. The monoisotopic (exact) mass is 361 g/mol. The lowest BCUT2D eigenvalue weighted by Crippen LogP contribution is -2.26. The minimum atomic E-state index is -0.198. The normalized spacial score (nSPS) is 12.1. The number of benzene rings is 1. The number of rotatable bonds is 5. The summed E-state index contributed by atoms with van der Waals surface area (Å²) in [5.41, 5.74) is 4.02. The average molecular weight is 361 g/mol. The highest BCUT2D eigenvalue weighted by atomic mass is 16.2. The van der Waals surface area contributed by atoms with E-state index in [0.29, 0.717) is 5.69 Å². The van der Waals surface area contributed by atoms with Crippen LogP contribution in [0.5, 0.6) is 0 Å². The molecule has 8 nitrogen and oxygen atoms in total. The molecule has 0 fully saturated rings. The van der Waals surface area contributed by atoms with Crippen LogP contribution in [-0.2, 0) is 7.05 Å². The molecule has 0 bridgehead atoms. The van der Waals surface area contributed by atoms with Crippen LogP contribution in [0, 0.1) is 0 Å². The van der Waals surface area contributed by atoms with Crippen LogP contribution in [-0.4, -0.2) is 35.4 Å². The molecule has 0 radical (unpaired) electrons. The third-order valence-electron chi connectivity index (χ3n) is 4.45. The second-order valence-electron chi connectivity index (χ2n) is 6.30. The second kappa shape index (κ2) is 6.91. The summed E-state index contributed by atoms with van der Waals surface area (Å²) in [5, 5.41) is 14.1. The van der Waals surface area contributed by atoms with Gasteiger partial charge in [-0.05, 0) is 42.8 Å². The molecule has 4 aromatic rings. The summed E-state index contributed by atoms with van der Waals surface area (Å²) in [6.07, 6.45) is 5.07. The highest BCUT2D eigenvalue weighted by Crippen LogP contribution is 2.19. The zero-order valence-electron chi connectivity index (χ0n) is 15.0. The fourth-order valence-electron chi connectivity index (χ4n) is 2.91. The van der Waals surface area contributed by atoms with E-state index in [4.69, 9.17) is 0 Å². The molecule has 0 spiro atoms. The first-order valence-corrected chi connectivity index (χ1v) is 8.55.